The van der Waals surface area contributed by atoms with Crippen molar-refractivity contribution in [2.75, 3.05) is 6.54 Å². The number of aliphatic carboxylic acids is 1. The van der Waals surface area contributed by atoms with Crippen molar-refractivity contribution in [2.45, 2.75) is 52.0 Å². The molecule has 17 heavy (non-hydrogen) atoms. The minimum absolute atomic E-state index is 0.154. The van der Waals surface area contributed by atoms with E-state index in [0.717, 1.165) is 19.3 Å². The van der Waals surface area contributed by atoms with E-state index in [1.807, 2.05) is 0 Å². The van der Waals surface area contributed by atoms with Gasteiger partial charge < -0.3 is 16.2 Å². The van der Waals surface area contributed by atoms with E-state index in [0.29, 0.717) is 18.9 Å². The highest BCUT2D eigenvalue weighted by molar-refractivity contribution is 5.80. The molecular formula is C12H24N2O3. The molecule has 0 aromatic rings. The number of carboxylic acids is 1. The summed E-state index contributed by atoms with van der Waals surface area (Å²) in [6.07, 6.45) is 3.73. The average Bonchev–Trinajstić information content (AvgIpc) is 2.25. The van der Waals surface area contributed by atoms with Crippen LogP contribution < -0.4 is 11.1 Å². The minimum Gasteiger partial charge on any atom is -0.481 e. The van der Waals surface area contributed by atoms with Crippen LogP contribution in [0.1, 0.15) is 46.0 Å². The van der Waals surface area contributed by atoms with Crippen LogP contribution in [0, 0.1) is 5.92 Å². The van der Waals surface area contributed by atoms with E-state index < -0.39 is 12.0 Å². The van der Waals surface area contributed by atoms with E-state index in [1.165, 1.54) is 0 Å². The fourth-order valence-corrected chi connectivity index (χ4v) is 1.73. The second kappa shape index (κ2) is 8.98. The van der Waals surface area contributed by atoms with Crippen LogP contribution in [0.4, 0.5) is 0 Å². The fraction of sp³-hybridized carbons (Fsp3) is 0.833. The van der Waals surface area contributed by atoms with Gasteiger partial charge in [-0.15, -0.1) is 0 Å². The molecule has 2 atom stereocenters. The molecule has 0 saturated carbocycles. The summed E-state index contributed by atoms with van der Waals surface area (Å²) in [5, 5.41) is 11.4. The molecule has 1 amide bonds. The summed E-state index contributed by atoms with van der Waals surface area (Å²) in [4.78, 5) is 21.7. The number of carboxylic acid groups (broad SMARTS) is 1. The number of amides is 1. The van der Waals surface area contributed by atoms with E-state index in [-0.39, 0.29) is 12.3 Å². The van der Waals surface area contributed by atoms with Crippen molar-refractivity contribution in [3.63, 3.8) is 0 Å². The average molecular weight is 244 g/mol. The van der Waals surface area contributed by atoms with Crippen molar-refractivity contribution in [1.29, 1.82) is 0 Å². The fourth-order valence-electron chi connectivity index (χ4n) is 1.73. The lowest BCUT2D eigenvalue weighted by atomic mass is 9.94. The molecule has 0 bridgehead atoms. The van der Waals surface area contributed by atoms with Crippen LogP contribution in [0.15, 0.2) is 0 Å². The van der Waals surface area contributed by atoms with E-state index >= 15 is 0 Å². The largest absolute Gasteiger partial charge is 0.481 e. The number of rotatable bonds is 9. The molecule has 0 aliphatic rings. The minimum atomic E-state index is -0.759. The normalized spacial score (nSPS) is 14.1. The summed E-state index contributed by atoms with van der Waals surface area (Å²) in [5.41, 5.74) is 5.42. The highest BCUT2D eigenvalue weighted by atomic mass is 16.4. The number of hydrogen-bond acceptors (Lipinski definition) is 3. The Bertz CT molecular complexity index is 242. The molecule has 0 spiro atoms. The Morgan fingerprint density at radius 3 is 2.41 bits per heavy atom. The topological polar surface area (TPSA) is 92.4 Å². The standard InChI is InChI=1S/C12H24N2O3/c1-3-4-10(5-6-11(15)16)7-8-14-12(17)9(2)13/h9-10H,3-8,13H2,1-2H3,(H,14,17)(H,15,16). The Hall–Kier alpha value is -1.10. The lowest BCUT2D eigenvalue weighted by Gasteiger charge is -2.16. The second-order valence-electron chi connectivity index (χ2n) is 4.46. The van der Waals surface area contributed by atoms with Crippen LogP contribution in [-0.4, -0.2) is 29.6 Å². The third-order valence-corrected chi connectivity index (χ3v) is 2.73. The first-order valence-electron chi connectivity index (χ1n) is 6.22. The van der Waals surface area contributed by atoms with Crippen molar-refractivity contribution in [3.8, 4) is 0 Å². The Morgan fingerprint density at radius 1 is 1.29 bits per heavy atom. The first kappa shape index (κ1) is 15.9. The number of nitrogens with one attached hydrogen (secondary N) is 1. The first-order valence-corrected chi connectivity index (χ1v) is 6.22. The predicted molar refractivity (Wildman–Crippen MR) is 66.5 cm³/mol. The molecule has 0 radical (unpaired) electrons. The Labute approximate surface area is 103 Å². The molecule has 100 valence electrons. The smallest absolute Gasteiger partial charge is 0.303 e. The van der Waals surface area contributed by atoms with Gasteiger partial charge in [0.15, 0.2) is 0 Å². The summed E-state index contributed by atoms with van der Waals surface area (Å²) in [6, 6.07) is -0.487. The third kappa shape index (κ3) is 8.68. The van der Waals surface area contributed by atoms with Gasteiger partial charge in [0.2, 0.25) is 5.91 Å². The summed E-state index contributed by atoms with van der Waals surface area (Å²) in [5.74, 6) is -0.548. The zero-order chi connectivity index (χ0) is 13.3. The molecule has 0 saturated heterocycles. The number of carbonyl (C=O) groups excluding carboxylic acids is 1. The van der Waals surface area contributed by atoms with Gasteiger partial charge in [-0.05, 0) is 25.7 Å². The number of nitrogens with two attached hydrogens (primary N) is 1. The van der Waals surface area contributed by atoms with Crippen LogP contribution >= 0.6 is 0 Å². The molecule has 0 aromatic carbocycles. The van der Waals surface area contributed by atoms with Crippen molar-refractivity contribution >= 4 is 11.9 Å². The van der Waals surface area contributed by atoms with Crippen molar-refractivity contribution in [2.24, 2.45) is 11.7 Å². The van der Waals surface area contributed by atoms with Crippen molar-refractivity contribution in [3.05, 3.63) is 0 Å². The van der Waals surface area contributed by atoms with Gasteiger partial charge >= 0.3 is 5.97 Å². The van der Waals surface area contributed by atoms with Crippen LogP contribution in [0.2, 0.25) is 0 Å². The molecule has 0 rings (SSSR count). The maximum absolute atomic E-state index is 11.2. The van der Waals surface area contributed by atoms with Crippen LogP contribution in [0.5, 0.6) is 0 Å². The van der Waals surface area contributed by atoms with Gasteiger partial charge in [-0.2, -0.15) is 0 Å². The highest BCUT2D eigenvalue weighted by Crippen LogP contribution is 2.17. The molecule has 5 nitrogen and oxygen atoms in total. The van der Waals surface area contributed by atoms with Gasteiger partial charge in [0, 0.05) is 13.0 Å². The molecule has 0 aromatic heterocycles. The molecule has 0 aliphatic carbocycles. The third-order valence-electron chi connectivity index (χ3n) is 2.73. The van der Waals surface area contributed by atoms with Gasteiger partial charge in [-0.1, -0.05) is 19.8 Å². The maximum Gasteiger partial charge on any atom is 0.303 e. The SMILES string of the molecule is CCCC(CCNC(=O)C(C)N)CCC(=O)O. The molecule has 0 fully saturated rings. The van der Waals surface area contributed by atoms with Gasteiger partial charge in [-0.25, -0.2) is 0 Å². The molecule has 0 aliphatic heterocycles. The van der Waals surface area contributed by atoms with Gasteiger partial charge in [0.1, 0.15) is 0 Å². The van der Waals surface area contributed by atoms with Gasteiger partial charge in [-0.3, -0.25) is 9.59 Å². The van der Waals surface area contributed by atoms with Crippen molar-refractivity contribution in [1.82, 2.24) is 5.32 Å². The van der Waals surface area contributed by atoms with E-state index in [2.05, 4.69) is 12.2 Å². The summed E-state index contributed by atoms with van der Waals surface area (Å²) < 4.78 is 0. The molecule has 2 unspecified atom stereocenters. The highest BCUT2D eigenvalue weighted by Gasteiger charge is 2.11. The summed E-state index contributed by atoms with van der Waals surface area (Å²) >= 11 is 0. The zero-order valence-electron chi connectivity index (χ0n) is 10.7. The Morgan fingerprint density at radius 2 is 1.94 bits per heavy atom. The van der Waals surface area contributed by atoms with E-state index in [1.54, 1.807) is 6.92 Å². The van der Waals surface area contributed by atoms with E-state index in [9.17, 15) is 9.59 Å². The predicted octanol–water partition coefficient (Wildman–Crippen LogP) is 1.12. The van der Waals surface area contributed by atoms with Crippen LogP contribution in [0.25, 0.3) is 0 Å². The van der Waals surface area contributed by atoms with Crippen LogP contribution in [-0.2, 0) is 9.59 Å². The summed E-state index contributed by atoms with van der Waals surface area (Å²) in [7, 11) is 0. The maximum atomic E-state index is 11.2. The quantitative estimate of drug-likeness (QED) is 0.566. The number of carbonyl (C=O) groups is 2. The van der Waals surface area contributed by atoms with Gasteiger partial charge in [0.25, 0.3) is 0 Å². The lowest BCUT2D eigenvalue weighted by Crippen LogP contribution is -2.39. The van der Waals surface area contributed by atoms with Gasteiger partial charge in [0.05, 0.1) is 6.04 Å². The zero-order valence-corrected chi connectivity index (χ0v) is 10.7. The second-order valence-corrected chi connectivity index (χ2v) is 4.46. The molecule has 0 heterocycles. The molecular weight excluding hydrogens is 220 g/mol. The van der Waals surface area contributed by atoms with E-state index in [4.69, 9.17) is 10.8 Å². The monoisotopic (exact) mass is 244 g/mol. The lowest BCUT2D eigenvalue weighted by molar-refractivity contribution is -0.137. The number of hydrogen-bond donors (Lipinski definition) is 3. The Balaban J connectivity index is 3.83. The molecule has 4 N–H and O–H groups in total. The Kier molecular flexibility index (Phi) is 8.40. The van der Waals surface area contributed by atoms with Crippen molar-refractivity contribution < 1.29 is 14.7 Å². The summed E-state index contributed by atoms with van der Waals surface area (Å²) in [6.45, 7) is 4.29. The molecule has 5 heteroatoms. The first-order chi connectivity index (χ1) is 7.97. The van der Waals surface area contributed by atoms with Crippen LogP contribution in [0.3, 0.4) is 0 Å².